The summed E-state index contributed by atoms with van der Waals surface area (Å²) < 4.78 is 5.77. The van der Waals surface area contributed by atoms with Gasteiger partial charge in [-0.3, -0.25) is 0 Å². The van der Waals surface area contributed by atoms with Crippen LogP contribution in [-0.2, 0) is 0 Å². The molecular weight excluding hydrogens is 254 g/mol. The van der Waals surface area contributed by atoms with E-state index in [4.69, 9.17) is 34.3 Å². The molecule has 2 nitrogen and oxygen atoms in total. The molecule has 94 valence electrons. The van der Waals surface area contributed by atoms with Crippen molar-refractivity contribution in [1.82, 2.24) is 0 Å². The van der Waals surface area contributed by atoms with E-state index in [-0.39, 0.29) is 0 Å². The lowest BCUT2D eigenvalue weighted by Crippen LogP contribution is -2.15. The van der Waals surface area contributed by atoms with E-state index in [2.05, 4.69) is 13.8 Å². The van der Waals surface area contributed by atoms with E-state index < -0.39 is 0 Å². The van der Waals surface area contributed by atoms with Gasteiger partial charge in [-0.15, -0.1) is 0 Å². The molecule has 0 spiro atoms. The number of hydrogen-bond donors (Lipinski definition) is 1. The number of rotatable bonds is 6. The van der Waals surface area contributed by atoms with Gasteiger partial charge < -0.3 is 10.5 Å². The van der Waals surface area contributed by atoms with Crippen LogP contribution in [-0.4, -0.2) is 11.6 Å². The molecule has 0 atom stereocenters. The van der Waals surface area contributed by atoms with E-state index >= 15 is 0 Å². The lowest BCUT2D eigenvalue weighted by Gasteiger charge is -2.16. The maximum atomic E-state index is 5.94. The topological polar surface area (TPSA) is 35.2 Å². The molecule has 0 fully saturated rings. The zero-order chi connectivity index (χ0) is 12.8. The maximum absolute atomic E-state index is 5.94. The Balaban J connectivity index is 2.81. The van der Waals surface area contributed by atoms with Crippen molar-refractivity contribution in [3.63, 3.8) is 0 Å². The molecule has 0 aliphatic carbocycles. The number of halogens is 1. The van der Waals surface area contributed by atoms with E-state index in [9.17, 15) is 0 Å². The Labute approximate surface area is 113 Å². The quantitative estimate of drug-likeness (QED) is 0.800. The minimum atomic E-state index is 0.334. The van der Waals surface area contributed by atoms with Gasteiger partial charge in [-0.1, -0.05) is 50.5 Å². The Kier molecular flexibility index (Phi) is 5.72. The lowest BCUT2D eigenvalue weighted by molar-refractivity contribution is 0.240. The van der Waals surface area contributed by atoms with Gasteiger partial charge >= 0.3 is 0 Å². The molecule has 0 aromatic heterocycles. The van der Waals surface area contributed by atoms with Crippen molar-refractivity contribution in [2.24, 2.45) is 11.7 Å². The summed E-state index contributed by atoms with van der Waals surface area (Å²) in [6.07, 6.45) is 2.19. The van der Waals surface area contributed by atoms with Crippen LogP contribution < -0.4 is 10.5 Å². The molecule has 4 heteroatoms. The normalized spacial score (nSPS) is 10.6. The van der Waals surface area contributed by atoms with Crippen LogP contribution in [0, 0.1) is 5.92 Å². The Hall–Kier alpha value is -0.800. The smallest absolute Gasteiger partial charge is 0.130 e. The van der Waals surface area contributed by atoms with E-state index in [1.165, 1.54) is 0 Å². The molecule has 1 aromatic carbocycles. The van der Waals surface area contributed by atoms with Crippen molar-refractivity contribution < 1.29 is 4.74 Å². The molecule has 0 amide bonds. The Bertz CT molecular complexity index is 391. The first-order chi connectivity index (χ1) is 8.08. The standard InChI is InChI=1S/C13H18ClNOS/c1-3-9(4-2)8-16-12-7-10(14)5-6-11(12)13(15)17/h5-7,9H,3-4,8H2,1-2H3,(H2,15,17). The van der Waals surface area contributed by atoms with Gasteiger partial charge in [-0.2, -0.15) is 0 Å². The Morgan fingerprint density at radius 2 is 2.06 bits per heavy atom. The second-order valence-electron chi connectivity index (χ2n) is 4.00. The molecular formula is C13H18ClNOS. The zero-order valence-electron chi connectivity index (χ0n) is 10.2. The average molecular weight is 272 g/mol. The van der Waals surface area contributed by atoms with Crippen LogP contribution >= 0.6 is 23.8 Å². The number of thiocarbonyl (C=S) groups is 1. The first-order valence-electron chi connectivity index (χ1n) is 5.80. The summed E-state index contributed by atoms with van der Waals surface area (Å²) in [6.45, 7) is 4.98. The molecule has 1 aromatic rings. The van der Waals surface area contributed by atoms with Gasteiger partial charge in [0.15, 0.2) is 0 Å². The largest absolute Gasteiger partial charge is 0.493 e. The molecule has 0 unspecified atom stereocenters. The fraction of sp³-hybridized carbons (Fsp3) is 0.462. The van der Waals surface area contributed by atoms with Gasteiger partial charge in [0.2, 0.25) is 0 Å². The SMILES string of the molecule is CCC(CC)COc1cc(Cl)ccc1C(N)=S. The van der Waals surface area contributed by atoms with Crippen LogP contribution in [0.5, 0.6) is 5.75 Å². The first-order valence-corrected chi connectivity index (χ1v) is 6.59. The molecule has 0 bridgehead atoms. The van der Waals surface area contributed by atoms with Crippen molar-refractivity contribution in [2.45, 2.75) is 26.7 Å². The Morgan fingerprint density at radius 3 is 2.59 bits per heavy atom. The minimum absolute atomic E-state index is 0.334. The fourth-order valence-corrected chi connectivity index (χ4v) is 1.88. The minimum Gasteiger partial charge on any atom is -0.493 e. The summed E-state index contributed by atoms with van der Waals surface area (Å²) in [4.78, 5) is 0.334. The predicted molar refractivity (Wildman–Crippen MR) is 76.9 cm³/mol. The summed E-state index contributed by atoms with van der Waals surface area (Å²) >= 11 is 10.9. The van der Waals surface area contributed by atoms with Crippen molar-refractivity contribution in [3.8, 4) is 5.75 Å². The molecule has 0 aliphatic rings. The molecule has 0 aliphatic heterocycles. The average Bonchev–Trinajstić information content (AvgIpc) is 2.30. The zero-order valence-corrected chi connectivity index (χ0v) is 11.8. The first kappa shape index (κ1) is 14.3. The van der Waals surface area contributed by atoms with Gasteiger partial charge in [-0.05, 0) is 24.1 Å². The highest BCUT2D eigenvalue weighted by atomic mass is 35.5. The monoisotopic (exact) mass is 271 g/mol. The third-order valence-corrected chi connectivity index (χ3v) is 3.29. The molecule has 0 saturated heterocycles. The number of nitrogens with two attached hydrogens (primary N) is 1. The fourth-order valence-electron chi connectivity index (χ4n) is 1.55. The van der Waals surface area contributed by atoms with Gasteiger partial charge in [0.25, 0.3) is 0 Å². The van der Waals surface area contributed by atoms with E-state index in [1.807, 2.05) is 0 Å². The van der Waals surface area contributed by atoms with Gasteiger partial charge in [0.1, 0.15) is 10.7 Å². The van der Waals surface area contributed by atoms with Crippen LogP contribution in [0.4, 0.5) is 0 Å². The highest BCUT2D eigenvalue weighted by molar-refractivity contribution is 7.80. The van der Waals surface area contributed by atoms with E-state index in [0.717, 1.165) is 18.4 Å². The molecule has 0 heterocycles. The highest BCUT2D eigenvalue weighted by Crippen LogP contribution is 2.24. The summed E-state index contributed by atoms with van der Waals surface area (Å²) in [7, 11) is 0. The highest BCUT2D eigenvalue weighted by Gasteiger charge is 2.10. The summed E-state index contributed by atoms with van der Waals surface area (Å²) in [5.74, 6) is 1.23. The third-order valence-electron chi connectivity index (χ3n) is 2.84. The number of benzene rings is 1. The van der Waals surface area contributed by atoms with Crippen molar-refractivity contribution in [2.75, 3.05) is 6.61 Å². The second-order valence-corrected chi connectivity index (χ2v) is 4.87. The number of ether oxygens (including phenoxy) is 1. The van der Waals surface area contributed by atoms with Crippen LogP contribution in [0.15, 0.2) is 18.2 Å². The molecule has 0 saturated carbocycles. The number of hydrogen-bond acceptors (Lipinski definition) is 2. The third kappa shape index (κ3) is 4.17. The summed E-state index contributed by atoms with van der Waals surface area (Å²) in [6, 6.07) is 5.32. The van der Waals surface area contributed by atoms with Crippen molar-refractivity contribution in [3.05, 3.63) is 28.8 Å². The summed E-state index contributed by atoms with van der Waals surface area (Å²) in [5.41, 5.74) is 6.39. The lowest BCUT2D eigenvalue weighted by atomic mass is 10.1. The van der Waals surface area contributed by atoms with Crippen molar-refractivity contribution in [1.29, 1.82) is 0 Å². The van der Waals surface area contributed by atoms with Crippen LogP contribution in [0.3, 0.4) is 0 Å². The molecule has 1 rings (SSSR count). The van der Waals surface area contributed by atoms with Gasteiger partial charge in [0.05, 0.1) is 12.2 Å². The predicted octanol–water partition coefficient (Wildman–Crippen LogP) is 3.79. The maximum Gasteiger partial charge on any atom is 0.130 e. The Morgan fingerprint density at radius 1 is 1.41 bits per heavy atom. The molecule has 0 radical (unpaired) electrons. The summed E-state index contributed by atoms with van der Waals surface area (Å²) in [5, 5.41) is 0.629. The van der Waals surface area contributed by atoms with Gasteiger partial charge in [-0.25, -0.2) is 0 Å². The molecule has 17 heavy (non-hydrogen) atoms. The van der Waals surface area contributed by atoms with Crippen LogP contribution in [0.1, 0.15) is 32.3 Å². The molecule has 2 N–H and O–H groups in total. The van der Waals surface area contributed by atoms with E-state index in [0.29, 0.717) is 28.3 Å². The van der Waals surface area contributed by atoms with Crippen LogP contribution in [0.25, 0.3) is 0 Å². The van der Waals surface area contributed by atoms with E-state index in [1.54, 1.807) is 18.2 Å². The second kappa shape index (κ2) is 6.82. The van der Waals surface area contributed by atoms with Gasteiger partial charge in [0, 0.05) is 5.02 Å². The van der Waals surface area contributed by atoms with Crippen molar-refractivity contribution >= 4 is 28.8 Å². The van der Waals surface area contributed by atoms with Crippen LogP contribution in [0.2, 0.25) is 5.02 Å².